The number of carbonyl (C=O) groups excluding carboxylic acids is 1. The first-order valence-electron chi connectivity index (χ1n) is 6.50. The topological polar surface area (TPSA) is 118 Å². The number of halogens is 1. The fraction of sp³-hybridized carbons (Fsp3) is 0.462. The lowest BCUT2D eigenvalue weighted by Crippen LogP contribution is -2.52. The average molecular weight is 316 g/mol. The highest BCUT2D eigenvalue weighted by molar-refractivity contribution is 5.99. The normalized spacial score (nSPS) is 16.6. The molecule has 0 saturated heterocycles. The third-order valence-corrected chi connectivity index (χ3v) is 3.64. The number of nitro groups is 1. The summed E-state index contributed by atoms with van der Waals surface area (Å²) in [5.74, 6) is -0.628. The maximum atomic E-state index is 12.2. The molecule has 7 nitrogen and oxygen atoms in total. The van der Waals surface area contributed by atoms with Gasteiger partial charge in [-0.15, -0.1) is 12.4 Å². The quantitative estimate of drug-likeness (QED) is 0.449. The molecule has 21 heavy (non-hydrogen) atoms. The number of benzene rings is 1. The Morgan fingerprint density at radius 2 is 1.95 bits per heavy atom. The van der Waals surface area contributed by atoms with E-state index in [9.17, 15) is 20.0 Å². The zero-order valence-electron chi connectivity index (χ0n) is 11.4. The monoisotopic (exact) mass is 315 g/mol. The summed E-state index contributed by atoms with van der Waals surface area (Å²) in [5, 5.41) is 22.9. The van der Waals surface area contributed by atoms with Crippen LogP contribution in [0.4, 0.5) is 11.4 Å². The number of non-ortho nitro benzene ring substituents is 1. The second-order valence-electron chi connectivity index (χ2n) is 5.13. The van der Waals surface area contributed by atoms with E-state index in [-0.39, 0.29) is 29.5 Å². The predicted molar refractivity (Wildman–Crippen MR) is 80.6 cm³/mol. The van der Waals surface area contributed by atoms with E-state index in [2.05, 4.69) is 5.32 Å². The van der Waals surface area contributed by atoms with Crippen molar-refractivity contribution in [3.05, 3.63) is 28.3 Å². The van der Waals surface area contributed by atoms with Crippen molar-refractivity contribution in [3.8, 4) is 5.75 Å². The molecule has 8 heteroatoms. The molecule has 1 aromatic carbocycles. The Bertz CT molecular complexity index is 544. The summed E-state index contributed by atoms with van der Waals surface area (Å²) in [7, 11) is 0. The molecule has 4 N–H and O–H groups in total. The van der Waals surface area contributed by atoms with Crippen molar-refractivity contribution in [3.63, 3.8) is 0 Å². The van der Waals surface area contributed by atoms with Crippen LogP contribution in [0.15, 0.2) is 18.2 Å². The van der Waals surface area contributed by atoms with Crippen molar-refractivity contribution in [2.75, 3.05) is 5.32 Å². The highest BCUT2D eigenvalue weighted by Crippen LogP contribution is 2.31. The highest BCUT2D eigenvalue weighted by atomic mass is 35.5. The molecule has 1 saturated carbocycles. The van der Waals surface area contributed by atoms with Gasteiger partial charge >= 0.3 is 0 Å². The summed E-state index contributed by atoms with van der Waals surface area (Å²) in [5.41, 5.74) is 4.92. The molecule has 0 aromatic heterocycles. The van der Waals surface area contributed by atoms with E-state index in [1.165, 1.54) is 12.1 Å². The maximum Gasteiger partial charge on any atom is 0.271 e. The number of hydrogen-bond acceptors (Lipinski definition) is 5. The molecule has 1 amide bonds. The van der Waals surface area contributed by atoms with Crippen molar-refractivity contribution in [2.24, 2.45) is 5.73 Å². The number of aromatic hydroxyl groups is 1. The molecular weight excluding hydrogens is 298 g/mol. The summed E-state index contributed by atoms with van der Waals surface area (Å²) in [6, 6.07) is 3.47. The fourth-order valence-corrected chi connectivity index (χ4v) is 2.39. The first-order valence-corrected chi connectivity index (χ1v) is 6.50. The van der Waals surface area contributed by atoms with Gasteiger partial charge in [0.2, 0.25) is 5.91 Å². The van der Waals surface area contributed by atoms with Gasteiger partial charge in [0.25, 0.3) is 5.69 Å². The molecule has 2 rings (SSSR count). The zero-order chi connectivity index (χ0) is 14.8. The van der Waals surface area contributed by atoms with Crippen LogP contribution in [0.5, 0.6) is 5.75 Å². The largest absolute Gasteiger partial charge is 0.506 e. The number of nitrogens with one attached hydrogen (secondary N) is 1. The van der Waals surface area contributed by atoms with Gasteiger partial charge in [-0.3, -0.25) is 14.9 Å². The van der Waals surface area contributed by atoms with Crippen LogP contribution in [0.2, 0.25) is 0 Å². The lowest BCUT2D eigenvalue weighted by molar-refractivity contribution is -0.384. The Morgan fingerprint density at radius 1 is 1.33 bits per heavy atom. The number of anilines is 1. The fourth-order valence-electron chi connectivity index (χ4n) is 2.39. The summed E-state index contributed by atoms with van der Waals surface area (Å²) in [6.45, 7) is 0. The van der Waals surface area contributed by atoms with Crippen LogP contribution >= 0.6 is 12.4 Å². The van der Waals surface area contributed by atoms with E-state index in [4.69, 9.17) is 5.73 Å². The molecule has 0 radical (unpaired) electrons. The summed E-state index contributed by atoms with van der Waals surface area (Å²) in [4.78, 5) is 22.3. The third-order valence-electron chi connectivity index (χ3n) is 3.64. The second kappa shape index (κ2) is 6.73. The van der Waals surface area contributed by atoms with E-state index in [0.29, 0.717) is 12.8 Å². The van der Waals surface area contributed by atoms with Gasteiger partial charge in [0, 0.05) is 12.1 Å². The van der Waals surface area contributed by atoms with Crippen LogP contribution in [-0.4, -0.2) is 21.5 Å². The SMILES string of the molecule is Cl.NC1(C(=O)Nc2cc([N+](=O)[O-])ccc2O)CCCCC1. The Balaban J connectivity index is 0.00000220. The van der Waals surface area contributed by atoms with Gasteiger partial charge in [0.15, 0.2) is 0 Å². The third kappa shape index (κ3) is 3.83. The van der Waals surface area contributed by atoms with Gasteiger partial charge in [-0.2, -0.15) is 0 Å². The number of amides is 1. The van der Waals surface area contributed by atoms with Crippen LogP contribution in [0.1, 0.15) is 32.1 Å². The first-order chi connectivity index (χ1) is 9.42. The number of hydrogen-bond donors (Lipinski definition) is 3. The number of nitrogens with zero attached hydrogens (tertiary/aromatic N) is 1. The Morgan fingerprint density at radius 3 is 2.52 bits per heavy atom. The second-order valence-corrected chi connectivity index (χ2v) is 5.13. The number of carbonyl (C=O) groups is 1. The number of phenolic OH excluding ortho intramolecular Hbond substituents is 1. The Hall–Kier alpha value is -1.86. The van der Waals surface area contributed by atoms with E-state index in [0.717, 1.165) is 25.3 Å². The molecule has 1 aliphatic carbocycles. The maximum absolute atomic E-state index is 12.2. The summed E-state index contributed by atoms with van der Waals surface area (Å²) >= 11 is 0. The number of rotatable bonds is 3. The molecule has 0 aliphatic heterocycles. The Kier molecular flexibility index (Phi) is 5.51. The average Bonchev–Trinajstić information content (AvgIpc) is 2.41. The van der Waals surface area contributed by atoms with Crippen LogP contribution in [0, 0.1) is 10.1 Å². The highest BCUT2D eigenvalue weighted by Gasteiger charge is 2.35. The van der Waals surface area contributed by atoms with E-state index < -0.39 is 16.4 Å². The van der Waals surface area contributed by atoms with Crippen molar-refractivity contribution in [2.45, 2.75) is 37.6 Å². The van der Waals surface area contributed by atoms with Crippen molar-refractivity contribution < 1.29 is 14.8 Å². The van der Waals surface area contributed by atoms with Crippen LogP contribution in [0.25, 0.3) is 0 Å². The molecule has 116 valence electrons. The number of phenols is 1. The van der Waals surface area contributed by atoms with Gasteiger partial charge in [-0.1, -0.05) is 19.3 Å². The van der Waals surface area contributed by atoms with Gasteiger partial charge in [-0.25, -0.2) is 0 Å². The molecule has 0 heterocycles. The first kappa shape index (κ1) is 17.2. The van der Waals surface area contributed by atoms with E-state index >= 15 is 0 Å². The van der Waals surface area contributed by atoms with Gasteiger partial charge in [0.05, 0.1) is 16.1 Å². The molecule has 0 spiro atoms. The van der Waals surface area contributed by atoms with Crippen LogP contribution in [0.3, 0.4) is 0 Å². The predicted octanol–water partition coefficient (Wildman–Crippen LogP) is 2.32. The minimum Gasteiger partial charge on any atom is -0.506 e. The smallest absolute Gasteiger partial charge is 0.271 e. The number of nitro benzene ring substituents is 1. The number of nitrogens with two attached hydrogens (primary N) is 1. The van der Waals surface area contributed by atoms with Gasteiger partial charge in [-0.05, 0) is 18.9 Å². The molecule has 0 bridgehead atoms. The lowest BCUT2D eigenvalue weighted by atomic mass is 9.82. The van der Waals surface area contributed by atoms with Crippen LogP contribution < -0.4 is 11.1 Å². The van der Waals surface area contributed by atoms with Crippen molar-refractivity contribution in [1.29, 1.82) is 0 Å². The molecule has 0 atom stereocenters. The molecule has 0 unspecified atom stereocenters. The minimum atomic E-state index is -0.963. The van der Waals surface area contributed by atoms with Gasteiger partial charge in [0.1, 0.15) is 5.75 Å². The standard InChI is InChI=1S/C13H17N3O4.ClH/c14-13(6-2-1-3-7-13)12(18)15-10-8-9(16(19)20)4-5-11(10)17;/h4-5,8,17H,1-3,6-7,14H2,(H,15,18);1H. The molecule has 1 aromatic rings. The van der Waals surface area contributed by atoms with Gasteiger partial charge < -0.3 is 16.2 Å². The van der Waals surface area contributed by atoms with E-state index in [1.54, 1.807) is 0 Å². The van der Waals surface area contributed by atoms with Crippen molar-refractivity contribution in [1.82, 2.24) is 0 Å². The Labute approximate surface area is 128 Å². The van der Waals surface area contributed by atoms with E-state index in [1.807, 2.05) is 0 Å². The zero-order valence-corrected chi connectivity index (χ0v) is 12.2. The summed E-state index contributed by atoms with van der Waals surface area (Å²) < 4.78 is 0. The lowest BCUT2D eigenvalue weighted by Gasteiger charge is -2.31. The van der Waals surface area contributed by atoms with Crippen molar-refractivity contribution >= 4 is 29.7 Å². The van der Waals surface area contributed by atoms with Crippen LogP contribution in [-0.2, 0) is 4.79 Å². The molecule has 1 aliphatic rings. The molecular formula is C13H18ClN3O4. The summed E-state index contributed by atoms with van der Waals surface area (Å²) in [6.07, 6.45) is 3.97. The molecule has 1 fully saturated rings. The minimum absolute atomic E-state index is 0.